The minimum atomic E-state index is -4.75. The lowest BCUT2D eigenvalue weighted by molar-refractivity contribution is -0.274. The lowest BCUT2D eigenvalue weighted by Crippen LogP contribution is -2.39. The summed E-state index contributed by atoms with van der Waals surface area (Å²) in [6.07, 6.45) is -4.47. The molecule has 1 aromatic rings. The number of halogens is 3. The first-order valence-electron chi connectivity index (χ1n) is 7.79. The van der Waals surface area contributed by atoms with Gasteiger partial charge in [0.25, 0.3) is 0 Å². The summed E-state index contributed by atoms with van der Waals surface area (Å²) < 4.78 is 41.3. The molecule has 6 nitrogen and oxygen atoms in total. The molecule has 0 aromatic heterocycles. The highest BCUT2D eigenvalue weighted by Gasteiger charge is 2.31. The summed E-state index contributed by atoms with van der Waals surface area (Å²) >= 11 is 0. The topological polar surface area (TPSA) is 66.0 Å². The number of aliphatic imine (C=N–C) groups is 1. The van der Waals surface area contributed by atoms with Gasteiger partial charge in [0.15, 0.2) is 5.96 Å². The van der Waals surface area contributed by atoms with Crippen LogP contribution in [0.25, 0.3) is 0 Å². The highest BCUT2D eigenvalue weighted by Crippen LogP contribution is 2.26. The fraction of sp³-hybridized carbons (Fsp3) is 0.500. The predicted molar refractivity (Wildman–Crippen MR) is 89.3 cm³/mol. The van der Waals surface area contributed by atoms with Gasteiger partial charge in [0.1, 0.15) is 5.75 Å². The van der Waals surface area contributed by atoms with Crippen LogP contribution in [0.4, 0.5) is 13.2 Å². The van der Waals surface area contributed by atoms with Crippen LogP contribution in [-0.4, -0.2) is 50.3 Å². The van der Waals surface area contributed by atoms with Crippen LogP contribution in [0.3, 0.4) is 0 Å². The van der Waals surface area contributed by atoms with Gasteiger partial charge in [0.2, 0.25) is 5.91 Å². The second-order valence-electron chi connectivity index (χ2n) is 5.32. The van der Waals surface area contributed by atoms with E-state index in [1.807, 2.05) is 6.92 Å². The van der Waals surface area contributed by atoms with Crippen LogP contribution in [-0.2, 0) is 11.3 Å². The van der Waals surface area contributed by atoms with Crippen molar-refractivity contribution in [3.05, 3.63) is 29.8 Å². The third-order valence-corrected chi connectivity index (χ3v) is 3.08. The fourth-order valence-corrected chi connectivity index (χ4v) is 1.88. The summed E-state index contributed by atoms with van der Waals surface area (Å²) in [5, 5.41) is 5.95. The zero-order chi connectivity index (χ0) is 18.9. The van der Waals surface area contributed by atoms with E-state index in [4.69, 9.17) is 0 Å². The van der Waals surface area contributed by atoms with E-state index in [1.54, 1.807) is 20.2 Å². The molecule has 1 amide bonds. The van der Waals surface area contributed by atoms with Gasteiger partial charge in [-0.15, -0.1) is 13.2 Å². The molecule has 25 heavy (non-hydrogen) atoms. The average Bonchev–Trinajstić information content (AvgIpc) is 2.52. The Labute approximate surface area is 145 Å². The monoisotopic (exact) mass is 360 g/mol. The zero-order valence-electron chi connectivity index (χ0n) is 14.5. The van der Waals surface area contributed by atoms with E-state index in [9.17, 15) is 18.0 Å². The smallest absolute Gasteiger partial charge is 0.405 e. The van der Waals surface area contributed by atoms with Gasteiger partial charge in [-0.1, -0.05) is 18.2 Å². The van der Waals surface area contributed by atoms with Crippen LogP contribution in [0.2, 0.25) is 0 Å². The summed E-state index contributed by atoms with van der Waals surface area (Å²) in [5.74, 6) is 0.0977. The fourth-order valence-electron chi connectivity index (χ4n) is 1.88. The molecule has 0 heterocycles. The molecule has 0 unspecified atom stereocenters. The van der Waals surface area contributed by atoms with Gasteiger partial charge in [0, 0.05) is 39.2 Å². The van der Waals surface area contributed by atoms with E-state index >= 15 is 0 Å². The number of ether oxygens (including phenoxy) is 1. The third kappa shape index (κ3) is 8.27. The maximum Gasteiger partial charge on any atom is 0.573 e. The van der Waals surface area contributed by atoms with Crippen molar-refractivity contribution < 1.29 is 22.7 Å². The zero-order valence-corrected chi connectivity index (χ0v) is 14.5. The van der Waals surface area contributed by atoms with Gasteiger partial charge in [-0.05, 0) is 13.0 Å². The van der Waals surface area contributed by atoms with Crippen molar-refractivity contribution in [2.45, 2.75) is 26.3 Å². The normalized spacial score (nSPS) is 11.8. The molecule has 0 spiro atoms. The molecular weight excluding hydrogens is 337 g/mol. The number of nitrogens with one attached hydrogen (secondary N) is 2. The molecule has 0 aliphatic heterocycles. The molecular formula is C16H23F3N4O2. The standard InChI is InChI=1S/C16H23F3N4O2/c1-4-20-15(21-10-9-14(24)23(2)3)22-11-12-7-5-6-8-13(12)25-16(17,18)19/h5-8H,4,9-11H2,1-3H3,(H2,20,21,22). The summed E-state index contributed by atoms with van der Waals surface area (Å²) in [6.45, 7) is 2.81. The molecule has 0 saturated carbocycles. The second-order valence-corrected chi connectivity index (χ2v) is 5.32. The van der Waals surface area contributed by atoms with Crippen molar-refractivity contribution in [3.63, 3.8) is 0 Å². The van der Waals surface area contributed by atoms with Gasteiger partial charge in [-0.2, -0.15) is 0 Å². The minimum absolute atomic E-state index is 0.00319. The molecule has 1 aromatic carbocycles. The highest BCUT2D eigenvalue weighted by molar-refractivity contribution is 5.81. The Morgan fingerprint density at radius 3 is 2.52 bits per heavy atom. The van der Waals surface area contributed by atoms with Crippen LogP contribution < -0.4 is 15.4 Å². The first-order chi connectivity index (χ1) is 11.7. The Kier molecular flexibility index (Phi) is 8.03. The maximum atomic E-state index is 12.4. The number of rotatable bonds is 7. The van der Waals surface area contributed by atoms with Crippen molar-refractivity contribution in [1.29, 1.82) is 0 Å². The van der Waals surface area contributed by atoms with E-state index in [0.717, 1.165) is 0 Å². The molecule has 2 N–H and O–H groups in total. The van der Waals surface area contributed by atoms with Crippen LogP contribution in [0.15, 0.2) is 29.3 Å². The van der Waals surface area contributed by atoms with Crippen molar-refractivity contribution in [2.75, 3.05) is 27.2 Å². The largest absolute Gasteiger partial charge is 0.573 e. The van der Waals surface area contributed by atoms with E-state index in [-0.39, 0.29) is 24.6 Å². The lowest BCUT2D eigenvalue weighted by atomic mass is 10.2. The molecule has 0 bridgehead atoms. The third-order valence-electron chi connectivity index (χ3n) is 3.08. The van der Waals surface area contributed by atoms with Gasteiger partial charge in [-0.25, -0.2) is 4.99 Å². The number of guanidine groups is 1. The molecule has 0 fully saturated rings. The van der Waals surface area contributed by atoms with Crippen LogP contribution in [0.5, 0.6) is 5.75 Å². The number of para-hydroxylation sites is 1. The Morgan fingerprint density at radius 1 is 1.24 bits per heavy atom. The minimum Gasteiger partial charge on any atom is -0.405 e. The predicted octanol–water partition coefficient (Wildman–Crippen LogP) is 2.12. The number of amides is 1. The van der Waals surface area contributed by atoms with E-state index in [0.29, 0.717) is 24.6 Å². The van der Waals surface area contributed by atoms with Crippen molar-refractivity contribution in [1.82, 2.24) is 15.5 Å². The maximum absolute atomic E-state index is 12.4. The summed E-state index contributed by atoms with van der Waals surface area (Å²) in [4.78, 5) is 17.3. The van der Waals surface area contributed by atoms with E-state index in [2.05, 4.69) is 20.4 Å². The average molecular weight is 360 g/mol. The quantitative estimate of drug-likeness (QED) is 0.577. The number of carbonyl (C=O) groups excluding carboxylic acids is 1. The lowest BCUT2D eigenvalue weighted by Gasteiger charge is -2.14. The summed E-state index contributed by atoms with van der Waals surface area (Å²) in [5.41, 5.74) is 0.307. The molecule has 9 heteroatoms. The first-order valence-corrected chi connectivity index (χ1v) is 7.79. The van der Waals surface area contributed by atoms with Gasteiger partial charge in [-0.3, -0.25) is 4.79 Å². The van der Waals surface area contributed by atoms with Crippen LogP contribution in [0, 0.1) is 0 Å². The van der Waals surface area contributed by atoms with E-state index in [1.165, 1.54) is 23.1 Å². The van der Waals surface area contributed by atoms with Crippen molar-refractivity contribution in [2.24, 2.45) is 4.99 Å². The van der Waals surface area contributed by atoms with Gasteiger partial charge in [0.05, 0.1) is 6.54 Å². The van der Waals surface area contributed by atoms with E-state index < -0.39 is 6.36 Å². The van der Waals surface area contributed by atoms with Crippen LogP contribution >= 0.6 is 0 Å². The highest BCUT2D eigenvalue weighted by atomic mass is 19.4. The number of benzene rings is 1. The Morgan fingerprint density at radius 2 is 1.92 bits per heavy atom. The van der Waals surface area contributed by atoms with Crippen molar-refractivity contribution in [3.8, 4) is 5.75 Å². The first kappa shape index (κ1) is 20.6. The summed E-state index contributed by atoms with van der Waals surface area (Å²) in [7, 11) is 3.33. The molecule has 0 radical (unpaired) electrons. The number of alkyl halides is 3. The molecule has 0 saturated heterocycles. The Hall–Kier alpha value is -2.45. The molecule has 140 valence electrons. The van der Waals surface area contributed by atoms with Gasteiger partial charge >= 0.3 is 6.36 Å². The van der Waals surface area contributed by atoms with Crippen LogP contribution in [0.1, 0.15) is 18.9 Å². The number of nitrogens with zero attached hydrogens (tertiary/aromatic N) is 2. The van der Waals surface area contributed by atoms with Gasteiger partial charge < -0.3 is 20.3 Å². The molecule has 0 atom stereocenters. The molecule has 0 aliphatic rings. The molecule has 1 rings (SSSR count). The Bertz CT molecular complexity index is 589. The second kappa shape index (κ2) is 9.75. The number of hydrogen-bond acceptors (Lipinski definition) is 3. The Balaban J connectivity index is 2.73. The molecule has 0 aliphatic carbocycles. The SMILES string of the molecule is CCNC(=NCc1ccccc1OC(F)(F)F)NCCC(=O)N(C)C. The number of hydrogen-bond donors (Lipinski definition) is 2. The van der Waals surface area contributed by atoms with Crippen molar-refractivity contribution >= 4 is 11.9 Å². The number of carbonyl (C=O) groups is 1. The summed E-state index contributed by atoms with van der Waals surface area (Å²) in [6, 6.07) is 5.84.